The van der Waals surface area contributed by atoms with E-state index in [0.29, 0.717) is 0 Å². The molecule has 0 radical (unpaired) electrons. The summed E-state index contributed by atoms with van der Waals surface area (Å²) < 4.78 is 10.3. The highest BCUT2D eigenvalue weighted by molar-refractivity contribution is 4.96. The van der Waals surface area contributed by atoms with Crippen molar-refractivity contribution in [1.29, 1.82) is 0 Å². The number of methoxy groups -OCH3 is 2. The number of hydrogen-bond acceptors (Lipinski definition) is 2. The molecule has 0 atom stereocenters. The third-order valence-electron chi connectivity index (χ3n) is 3.61. The first-order valence-electron chi connectivity index (χ1n) is 8.18. The molecule has 0 aromatic rings. The van der Waals surface area contributed by atoms with Gasteiger partial charge in [0, 0.05) is 14.2 Å². The maximum Gasteiger partial charge on any atom is 0.156 e. The largest absolute Gasteiger partial charge is 0.356 e. The Morgan fingerprint density at radius 3 is 1.80 bits per heavy atom. The third-order valence-corrected chi connectivity index (χ3v) is 3.61. The summed E-state index contributed by atoms with van der Waals surface area (Å²) in [4.78, 5) is 0. The molecule has 0 aliphatic rings. The Morgan fingerprint density at radius 2 is 1.30 bits per heavy atom. The van der Waals surface area contributed by atoms with Crippen molar-refractivity contribution in [3.8, 4) is 0 Å². The zero-order chi connectivity index (χ0) is 14.9. The molecule has 0 bridgehead atoms. The summed E-state index contributed by atoms with van der Waals surface area (Å²) in [7, 11) is 3.42. The van der Waals surface area contributed by atoms with Gasteiger partial charge in [-0.25, -0.2) is 0 Å². The second-order valence-electron chi connectivity index (χ2n) is 5.32. The van der Waals surface area contributed by atoms with Crippen molar-refractivity contribution >= 4 is 0 Å². The van der Waals surface area contributed by atoms with Crippen LogP contribution in [0.3, 0.4) is 0 Å². The van der Waals surface area contributed by atoms with Crippen LogP contribution in [0.2, 0.25) is 0 Å². The van der Waals surface area contributed by atoms with E-state index >= 15 is 0 Å². The van der Waals surface area contributed by atoms with Gasteiger partial charge in [-0.3, -0.25) is 0 Å². The number of hydrogen-bond donors (Lipinski definition) is 0. The lowest BCUT2D eigenvalue weighted by molar-refractivity contribution is -0.107. The zero-order valence-electron chi connectivity index (χ0n) is 13.6. The fraction of sp³-hybridized carbons (Fsp3) is 0.778. The second-order valence-corrected chi connectivity index (χ2v) is 5.32. The molecule has 0 N–H and O–H groups in total. The first-order valence-corrected chi connectivity index (χ1v) is 8.18. The Balaban J connectivity index is 3.09. The Kier molecular flexibility index (Phi) is 16.0. The first-order chi connectivity index (χ1) is 9.85. The van der Waals surface area contributed by atoms with Crippen LogP contribution in [0.1, 0.15) is 70.6 Å². The Hall–Kier alpha value is -0.600. The van der Waals surface area contributed by atoms with Gasteiger partial charge in [0.05, 0.1) is 0 Å². The van der Waals surface area contributed by atoms with Crippen molar-refractivity contribution in [3.63, 3.8) is 0 Å². The lowest BCUT2D eigenvalue weighted by Crippen LogP contribution is -2.12. The smallest absolute Gasteiger partial charge is 0.156 e. The van der Waals surface area contributed by atoms with Crippen LogP contribution in [-0.4, -0.2) is 20.5 Å². The highest BCUT2D eigenvalue weighted by atomic mass is 16.7. The number of ether oxygens (including phenoxy) is 2. The van der Waals surface area contributed by atoms with E-state index in [1.165, 1.54) is 64.2 Å². The van der Waals surface area contributed by atoms with Crippen LogP contribution in [0.25, 0.3) is 0 Å². The summed E-state index contributed by atoms with van der Waals surface area (Å²) in [6.07, 6.45) is 20.4. The van der Waals surface area contributed by atoms with Crippen LogP contribution < -0.4 is 0 Å². The molecular formula is C18H34O2. The molecule has 2 heteroatoms. The minimum absolute atomic E-state index is 0.00913. The van der Waals surface area contributed by atoms with Gasteiger partial charge in [0.25, 0.3) is 0 Å². The van der Waals surface area contributed by atoms with Crippen LogP contribution in [0.15, 0.2) is 24.8 Å². The third kappa shape index (κ3) is 13.8. The van der Waals surface area contributed by atoms with Gasteiger partial charge in [-0.15, -0.1) is 0 Å². The summed E-state index contributed by atoms with van der Waals surface area (Å²) in [5.41, 5.74) is 0. The van der Waals surface area contributed by atoms with Gasteiger partial charge in [-0.05, 0) is 25.7 Å². The summed E-state index contributed by atoms with van der Waals surface area (Å²) in [6.45, 7) is 3.67. The van der Waals surface area contributed by atoms with Gasteiger partial charge >= 0.3 is 0 Å². The van der Waals surface area contributed by atoms with Crippen molar-refractivity contribution in [2.45, 2.75) is 76.9 Å². The van der Waals surface area contributed by atoms with Gasteiger partial charge < -0.3 is 9.47 Å². The topological polar surface area (TPSA) is 18.5 Å². The van der Waals surface area contributed by atoms with E-state index in [-0.39, 0.29) is 6.29 Å². The summed E-state index contributed by atoms with van der Waals surface area (Å²) in [5.74, 6) is 0. The molecule has 0 aromatic carbocycles. The van der Waals surface area contributed by atoms with E-state index in [1.54, 1.807) is 14.2 Å². The average molecular weight is 282 g/mol. The lowest BCUT2D eigenvalue weighted by Gasteiger charge is -2.12. The Morgan fingerprint density at radius 1 is 0.800 bits per heavy atom. The Bertz CT molecular complexity index is 219. The molecule has 0 saturated heterocycles. The molecule has 0 heterocycles. The first kappa shape index (κ1) is 19.4. The summed E-state index contributed by atoms with van der Waals surface area (Å²) >= 11 is 0. The van der Waals surface area contributed by atoms with Crippen molar-refractivity contribution < 1.29 is 9.47 Å². The molecule has 0 rings (SSSR count). The molecule has 2 nitrogen and oxygen atoms in total. The van der Waals surface area contributed by atoms with E-state index in [9.17, 15) is 0 Å². The second kappa shape index (κ2) is 16.5. The number of rotatable bonds is 15. The maximum atomic E-state index is 5.17. The minimum Gasteiger partial charge on any atom is -0.356 e. The molecule has 0 saturated carbocycles. The van der Waals surface area contributed by atoms with Gasteiger partial charge in [0.1, 0.15) is 0 Å². The van der Waals surface area contributed by atoms with Gasteiger partial charge in [-0.2, -0.15) is 0 Å². The van der Waals surface area contributed by atoms with E-state index in [1.807, 2.05) is 12.2 Å². The quantitative estimate of drug-likeness (QED) is 0.220. The van der Waals surface area contributed by atoms with E-state index < -0.39 is 0 Å². The zero-order valence-corrected chi connectivity index (χ0v) is 13.6. The predicted octanol–water partition coefficient (Wildman–Crippen LogP) is 5.64. The standard InChI is InChI=1S/C18H34O2/c1-4-5-6-7-8-9-10-11-12-13-14-15-16-17-18(19-2)20-3/h4-6,18H,1,7-17H2,2-3H3/b6-5-. The molecule has 0 aliphatic carbocycles. The summed E-state index contributed by atoms with van der Waals surface area (Å²) in [6, 6.07) is 0. The Labute approximate surface area is 126 Å². The molecule has 0 aromatic heterocycles. The molecule has 0 amide bonds. The SMILES string of the molecule is C=C/C=C\CCCCCCCCCCCC(OC)OC. The van der Waals surface area contributed by atoms with Crippen molar-refractivity contribution in [2.24, 2.45) is 0 Å². The van der Waals surface area contributed by atoms with Crippen LogP contribution >= 0.6 is 0 Å². The van der Waals surface area contributed by atoms with Crippen LogP contribution in [0.5, 0.6) is 0 Å². The van der Waals surface area contributed by atoms with Gasteiger partial charge in [0.2, 0.25) is 0 Å². The maximum absolute atomic E-state index is 5.17. The fourth-order valence-corrected chi connectivity index (χ4v) is 2.34. The minimum atomic E-state index is -0.00913. The normalized spacial score (nSPS) is 11.6. The molecule has 0 aliphatic heterocycles. The number of unbranched alkanes of at least 4 members (excludes halogenated alkanes) is 9. The molecule has 0 unspecified atom stereocenters. The molecule has 0 fully saturated rings. The number of allylic oxidation sites excluding steroid dienone is 3. The monoisotopic (exact) mass is 282 g/mol. The van der Waals surface area contributed by atoms with E-state index in [0.717, 1.165) is 6.42 Å². The molecule has 0 spiro atoms. The van der Waals surface area contributed by atoms with Gasteiger partial charge in [0.15, 0.2) is 6.29 Å². The van der Waals surface area contributed by atoms with E-state index in [2.05, 4.69) is 12.7 Å². The molecule has 118 valence electrons. The van der Waals surface area contributed by atoms with Crippen molar-refractivity contribution in [3.05, 3.63) is 24.8 Å². The summed E-state index contributed by atoms with van der Waals surface area (Å²) in [5, 5.41) is 0. The molecular weight excluding hydrogens is 248 g/mol. The van der Waals surface area contributed by atoms with Crippen LogP contribution in [0, 0.1) is 0 Å². The highest BCUT2D eigenvalue weighted by Gasteiger charge is 2.03. The molecule has 20 heavy (non-hydrogen) atoms. The van der Waals surface area contributed by atoms with Crippen LogP contribution in [0.4, 0.5) is 0 Å². The van der Waals surface area contributed by atoms with Crippen LogP contribution in [-0.2, 0) is 9.47 Å². The van der Waals surface area contributed by atoms with Gasteiger partial charge in [-0.1, -0.05) is 69.8 Å². The van der Waals surface area contributed by atoms with Crippen molar-refractivity contribution in [1.82, 2.24) is 0 Å². The average Bonchev–Trinajstić information content (AvgIpc) is 2.48. The highest BCUT2D eigenvalue weighted by Crippen LogP contribution is 2.13. The van der Waals surface area contributed by atoms with E-state index in [4.69, 9.17) is 9.47 Å². The predicted molar refractivity (Wildman–Crippen MR) is 87.9 cm³/mol. The van der Waals surface area contributed by atoms with Crippen molar-refractivity contribution in [2.75, 3.05) is 14.2 Å². The fourth-order valence-electron chi connectivity index (χ4n) is 2.34. The lowest BCUT2D eigenvalue weighted by atomic mass is 10.1.